The lowest BCUT2D eigenvalue weighted by molar-refractivity contribution is 0.746. The zero-order chi connectivity index (χ0) is 9.80. The molecule has 2 aromatic carbocycles. The third kappa shape index (κ3) is 1.82. The van der Waals surface area contributed by atoms with Gasteiger partial charge in [-0.2, -0.15) is 0 Å². The van der Waals surface area contributed by atoms with E-state index >= 15 is 0 Å². The summed E-state index contributed by atoms with van der Waals surface area (Å²) in [5.41, 5.74) is 1.97. The van der Waals surface area contributed by atoms with Gasteiger partial charge >= 0.3 is 0 Å². The molecule has 2 aromatic rings. The van der Waals surface area contributed by atoms with Gasteiger partial charge in [0.25, 0.3) is 0 Å². The number of nitrogens with zero attached hydrogens (tertiary/aromatic N) is 1. The molecule has 0 heterocycles. The van der Waals surface area contributed by atoms with Crippen molar-refractivity contribution in [2.45, 2.75) is 0 Å². The Kier molecular flexibility index (Phi) is 2.58. The van der Waals surface area contributed by atoms with Crippen molar-refractivity contribution in [3.63, 3.8) is 0 Å². The molecule has 2 rings (SSSR count). The lowest BCUT2D eigenvalue weighted by Gasteiger charge is -2.02. The Morgan fingerprint density at radius 1 is 0.643 bits per heavy atom. The summed E-state index contributed by atoms with van der Waals surface area (Å²) in [4.78, 5) is 0. The molecule has 0 saturated heterocycles. The highest BCUT2D eigenvalue weighted by atomic mass is 15.4. The van der Waals surface area contributed by atoms with E-state index in [1.54, 1.807) is 5.01 Å². The van der Waals surface area contributed by atoms with Crippen molar-refractivity contribution in [3.05, 3.63) is 60.7 Å². The van der Waals surface area contributed by atoms with Crippen molar-refractivity contribution in [1.29, 1.82) is 0 Å². The molecule has 69 valence electrons. The first-order valence-electron chi connectivity index (χ1n) is 4.53. The molecule has 1 radical (unpaired) electrons. The Bertz CT molecular complexity index is 344. The van der Waals surface area contributed by atoms with Gasteiger partial charge in [-0.05, 0) is 5.01 Å². The van der Waals surface area contributed by atoms with Crippen molar-refractivity contribution in [2.24, 2.45) is 5.84 Å². The van der Waals surface area contributed by atoms with Crippen LogP contribution >= 0.6 is 0 Å². The molecule has 0 aromatic heterocycles. The van der Waals surface area contributed by atoms with Crippen LogP contribution in [-0.2, 0) is 0 Å². The highest BCUT2D eigenvalue weighted by molar-refractivity contribution is 5.51. The molecule has 2 nitrogen and oxygen atoms in total. The fourth-order valence-electron chi connectivity index (χ4n) is 1.33. The Morgan fingerprint density at radius 3 is 1.36 bits per heavy atom. The summed E-state index contributed by atoms with van der Waals surface area (Å²) in [6.45, 7) is 0. The first kappa shape index (κ1) is 8.94. The van der Waals surface area contributed by atoms with Gasteiger partial charge in [-0.25, -0.2) is 0 Å². The summed E-state index contributed by atoms with van der Waals surface area (Å²) in [6.07, 6.45) is 0. The summed E-state index contributed by atoms with van der Waals surface area (Å²) in [5, 5.41) is 1.67. The summed E-state index contributed by atoms with van der Waals surface area (Å²) in [6, 6.07) is 19.7. The number of hydrazine groups is 1. The van der Waals surface area contributed by atoms with Crippen molar-refractivity contribution in [3.8, 4) is 0 Å². The van der Waals surface area contributed by atoms with E-state index in [9.17, 15) is 0 Å². The van der Waals surface area contributed by atoms with Crippen LogP contribution in [0.1, 0.15) is 0 Å². The fourth-order valence-corrected chi connectivity index (χ4v) is 1.33. The van der Waals surface area contributed by atoms with Crippen LogP contribution in [0, 0.1) is 0 Å². The second-order valence-electron chi connectivity index (χ2n) is 3.04. The molecule has 2 heteroatoms. The Labute approximate surface area is 83.6 Å². The van der Waals surface area contributed by atoms with Crippen molar-refractivity contribution in [1.82, 2.24) is 5.01 Å². The van der Waals surface area contributed by atoms with E-state index in [0.29, 0.717) is 0 Å². The predicted octanol–water partition coefficient (Wildman–Crippen LogP) is 2.66. The highest BCUT2D eigenvalue weighted by Crippen LogP contribution is 2.19. The van der Waals surface area contributed by atoms with Gasteiger partial charge in [0.15, 0.2) is 0 Å². The number of rotatable bonds is 2. The van der Waals surface area contributed by atoms with Gasteiger partial charge in [0.1, 0.15) is 0 Å². The third-order valence-electron chi connectivity index (χ3n) is 2.07. The number of para-hydroxylation sites is 2. The van der Waals surface area contributed by atoms with Crippen LogP contribution in [-0.4, -0.2) is 0 Å². The van der Waals surface area contributed by atoms with Gasteiger partial charge < -0.3 is 0 Å². The van der Waals surface area contributed by atoms with Crippen molar-refractivity contribution < 1.29 is 0 Å². The van der Waals surface area contributed by atoms with Crippen LogP contribution < -0.4 is 10.9 Å². The zero-order valence-electron chi connectivity index (χ0n) is 7.80. The predicted molar refractivity (Wildman–Crippen MR) is 58.5 cm³/mol. The molecule has 2 N–H and O–H groups in total. The minimum Gasteiger partial charge on any atom is -0.119 e. The second kappa shape index (κ2) is 4.05. The maximum Gasteiger partial charge on any atom is 0.209 e. The number of anilines is 2. The number of hydrogen-bond donors (Lipinski definition) is 1. The molecule has 0 amide bonds. The average molecular weight is 184 g/mol. The highest BCUT2D eigenvalue weighted by Gasteiger charge is 2.15. The Balaban J connectivity index is 2.30. The molecular formula is C12H12N2+. The molecule has 14 heavy (non-hydrogen) atoms. The lowest BCUT2D eigenvalue weighted by atomic mass is 10.2. The number of benzene rings is 2. The maximum absolute atomic E-state index is 5.95. The number of nitrogens with two attached hydrogens (primary N) is 1. The Hall–Kier alpha value is -1.64. The van der Waals surface area contributed by atoms with Crippen LogP contribution in [0.3, 0.4) is 0 Å². The van der Waals surface area contributed by atoms with E-state index in [1.165, 1.54) is 0 Å². The molecule has 0 atom stereocenters. The average Bonchev–Trinajstić information content (AvgIpc) is 2.30. The zero-order valence-corrected chi connectivity index (χ0v) is 7.80. The molecule has 0 spiro atoms. The van der Waals surface area contributed by atoms with Crippen LogP contribution in [0.25, 0.3) is 0 Å². The van der Waals surface area contributed by atoms with E-state index in [-0.39, 0.29) is 0 Å². The largest absolute Gasteiger partial charge is 0.209 e. The van der Waals surface area contributed by atoms with Gasteiger partial charge in [0.2, 0.25) is 11.4 Å². The maximum atomic E-state index is 5.95. The molecule has 0 aliphatic rings. The SMILES string of the molecule is N[N+](c1ccccc1)c1ccccc1. The smallest absolute Gasteiger partial charge is 0.119 e. The molecule has 0 saturated carbocycles. The standard InChI is InChI=1S/C12H12N2/c13-14(11-7-3-1-4-8-11)12-9-5-2-6-10-12/h1-10H,13H2/q+1. The summed E-state index contributed by atoms with van der Waals surface area (Å²) >= 11 is 0. The minimum absolute atomic E-state index is 0.985. The van der Waals surface area contributed by atoms with E-state index in [1.807, 2.05) is 60.7 Å². The van der Waals surface area contributed by atoms with Crippen LogP contribution in [0.5, 0.6) is 0 Å². The topological polar surface area (TPSA) is 31.9 Å². The monoisotopic (exact) mass is 184 g/mol. The summed E-state index contributed by atoms with van der Waals surface area (Å²) < 4.78 is 0. The molecule has 0 bridgehead atoms. The van der Waals surface area contributed by atoms with Gasteiger partial charge in [-0.1, -0.05) is 36.4 Å². The molecule has 0 aliphatic heterocycles. The normalized spacial score (nSPS) is 10.4. The first-order chi connectivity index (χ1) is 6.88. The van der Waals surface area contributed by atoms with Crippen LogP contribution in [0.15, 0.2) is 60.7 Å². The van der Waals surface area contributed by atoms with Crippen LogP contribution in [0.2, 0.25) is 0 Å². The quantitative estimate of drug-likeness (QED) is 0.434. The lowest BCUT2D eigenvalue weighted by Crippen LogP contribution is -2.25. The van der Waals surface area contributed by atoms with Crippen molar-refractivity contribution >= 4 is 11.4 Å². The van der Waals surface area contributed by atoms with E-state index < -0.39 is 0 Å². The number of hydrogen-bond acceptors (Lipinski definition) is 2. The molecular weight excluding hydrogens is 172 g/mol. The van der Waals surface area contributed by atoms with Gasteiger partial charge in [0, 0.05) is 24.3 Å². The third-order valence-corrected chi connectivity index (χ3v) is 2.07. The van der Waals surface area contributed by atoms with E-state index in [0.717, 1.165) is 11.4 Å². The molecule has 0 unspecified atom stereocenters. The minimum atomic E-state index is 0.985. The van der Waals surface area contributed by atoms with Gasteiger partial charge in [-0.3, -0.25) is 0 Å². The Morgan fingerprint density at radius 2 is 1.00 bits per heavy atom. The summed E-state index contributed by atoms with van der Waals surface area (Å²) in [5.74, 6) is 5.95. The van der Waals surface area contributed by atoms with Gasteiger partial charge in [0.05, 0.1) is 0 Å². The molecule has 0 fully saturated rings. The van der Waals surface area contributed by atoms with Crippen LogP contribution in [0.4, 0.5) is 11.4 Å². The first-order valence-corrected chi connectivity index (χ1v) is 4.53. The summed E-state index contributed by atoms with van der Waals surface area (Å²) in [7, 11) is 0. The fraction of sp³-hybridized carbons (Fsp3) is 0. The molecule has 0 aliphatic carbocycles. The second-order valence-corrected chi connectivity index (χ2v) is 3.04. The van der Waals surface area contributed by atoms with E-state index in [2.05, 4.69) is 0 Å². The van der Waals surface area contributed by atoms with Crippen molar-refractivity contribution in [2.75, 3.05) is 0 Å². The van der Waals surface area contributed by atoms with Gasteiger partial charge in [-0.15, -0.1) is 5.84 Å². The van der Waals surface area contributed by atoms with E-state index in [4.69, 9.17) is 5.84 Å².